The van der Waals surface area contributed by atoms with Crippen LogP contribution >= 0.6 is 11.6 Å². The SMILES string of the molecule is O=C1CCCN1c1ccc(CNCc2ccc(Cl)c(F)c2)cc1. The number of hydrogen-bond acceptors (Lipinski definition) is 2. The van der Waals surface area contributed by atoms with Crippen molar-refractivity contribution < 1.29 is 9.18 Å². The van der Waals surface area contributed by atoms with Crippen molar-refractivity contribution in [3.63, 3.8) is 0 Å². The van der Waals surface area contributed by atoms with Gasteiger partial charge in [0, 0.05) is 31.7 Å². The van der Waals surface area contributed by atoms with Gasteiger partial charge in [0.15, 0.2) is 0 Å². The number of halogens is 2. The van der Waals surface area contributed by atoms with Gasteiger partial charge in [-0.1, -0.05) is 29.8 Å². The Morgan fingerprint density at radius 3 is 2.43 bits per heavy atom. The quantitative estimate of drug-likeness (QED) is 0.900. The monoisotopic (exact) mass is 332 g/mol. The van der Waals surface area contributed by atoms with Crippen molar-refractivity contribution in [1.29, 1.82) is 0 Å². The van der Waals surface area contributed by atoms with Gasteiger partial charge in [-0.2, -0.15) is 0 Å². The number of hydrogen-bond donors (Lipinski definition) is 1. The number of carbonyl (C=O) groups excluding carboxylic acids is 1. The third kappa shape index (κ3) is 3.89. The smallest absolute Gasteiger partial charge is 0.227 e. The lowest BCUT2D eigenvalue weighted by atomic mass is 10.1. The molecular weight excluding hydrogens is 315 g/mol. The van der Waals surface area contributed by atoms with Crippen molar-refractivity contribution in [2.24, 2.45) is 0 Å². The number of benzene rings is 2. The van der Waals surface area contributed by atoms with Gasteiger partial charge in [0.05, 0.1) is 5.02 Å². The molecule has 1 N–H and O–H groups in total. The molecule has 2 aromatic rings. The second kappa shape index (κ2) is 7.11. The standard InChI is InChI=1S/C18H18ClFN2O/c19-16-8-5-14(10-17(16)20)12-21-11-13-3-6-15(7-4-13)22-9-1-2-18(22)23/h3-8,10,21H,1-2,9,11-12H2. The van der Waals surface area contributed by atoms with E-state index >= 15 is 0 Å². The van der Waals surface area contributed by atoms with E-state index in [4.69, 9.17) is 11.6 Å². The fourth-order valence-corrected chi connectivity index (χ4v) is 2.83. The summed E-state index contributed by atoms with van der Waals surface area (Å²) in [7, 11) is 0. The van der Waals surface area contributed by atoms with Gasteiger partial charge in [-0.3, -0.25) is 4.79 Å². The molecule has 1 aliphatic rings. The lowest BCUT2D eigenvalue weighted by Gasteiger charge is -2.16. The van der Waals surface area contributed by atoms with Crippen LogP contribution in [0.3, 0.4) is 0 Å². The zero-order valence-electron chi connectivity index (χ0n) is 12.7. The second-order valence-corrected chi connectivity index (χ2v) is 6.07. The maximum Gasteiger partial charge on any atom is 0.227 e. The lowest BCUT2D eigenvalue weighted by molar-refractivity contribution is -0.117. The number of nitrogens with one attached hydrogen (secondary N) is 1. The molecule has 0 unspecified atom stereocenters. The normalized spacial score (nSPS) is 14.5. The summed E-state index contributed by atoms with van der Waals surface area (Å²) in [5.41, 5.74) is 2.93. The molecule has 1 amide bonds. The van der Waals surface area contributed by atoms with E-state index in [9.17, 15) is 9.18 Å². The van der Waals surface area contributed by atoms with Gasteiger partial charge in [-0.15, -0.1) is 0 Å². The molecule has 1 fully saturated rings. The molecule has 120 valence electrons. The summed E-state index contributed by atoms with van der Waals surface area (Å²) in [6, 6.07) is 12.8. The molecular formula is C18H18ClFN2O. The van der Waals surface area contributed by atoms with E-state index in [-0.39, 0.29) is 10.9 Å². The van der Waals surface area contributed by atoms with Crippen LogP contribution in [0.1, 0.15) is 24.0 Å². The molecule has 0 atom stereocenters. The Bertz CT molecular complexity index is 703. The number of anilines is 1. The van der Waals surface area contributed by atoms with Crippen LogP contribution in [0.2, 0.25) is 5.02 Å². The fourth-order valence-electron chi connectivity index (χ4n) is 2.72. The predicted octanol–water partition coefficient (Wildman–Crippen LogP) is 3.90. The molecule has 0 radical (unpaired) electrons. The molecule has 1 aliphatic heterocycles. The highest BCUT2D eigenvalue weighted by atomic mass is 35.5. The van der Waals surface area contributed by atoms with Crippen LogP contribution in [-0.4, -0.2) is 12.5 Å². The van der Waals surface area contributed by atoms with Gasteiger partial charge < -0.3 is 10.2 Å². The zero-order chi connectivity index (χ0) is 16.2. The third-order valence-corrected chi connectivity index (χ3v) is 4.27. The Kier molecular flexibility index (Phi) is 4.94. The maximum atomic E-state index is 13.4. The molecule has 1 heterocycles. The first-order valence-corrected chi connectivity index (χ1v) is 8.05. The topological polar surface area (TPSA) is 32.3 Å². The summed E-state index contributed by atoms with van der Waals surface area (Å²) >= 11 is 5.67. The van der Waals surface area contributed by atoms with Crippen molar-refractivity contribution in [3.05, 3.63) is 64.4 Å². The Morgan fingerprint density at radius 1 is 1.09 bits per heavy atom. The van der Waals surface area contributed by atoms with Crippen molar-refractivity contribution in [3.8, 4) is 0 Å². The van der Waals surface area contributed by atoms with Crippen LogP contribution in [0.25, 0.3) is 0 Å². The van der Waals surface area contributed by atoms with Crippen LogP contribution < -0.4 is 10.2 Å². The van der Waals surface area contributed by atoms with E-state index in [2.05, 4.69) is 5.32 Å². The van der Waals surface area contributed by atoms with Crippen molar-refractivity contribution in [2.75, 3.05) is 11.4 Å². The third-order valence-electron chi connectivity index (χ3n) is 3.96. The first-order valence-electron chi connectivity index (χ1n) is 7.67. The minimum atomic E-state index is -0.398. The van der Waals surface area contributed by atoms with Crippen LogP contribution in [0.4, 0.5) is 10.1 Å². The van der Waals surface area contributed by atoms with E-state index in [0.29, 0.717) is 19.5 Å². The Hall–Kier alpha value is -1.91. The van der Waals surface area contributed by atoms with Crippen molar-refractivity contribution >= 4 is 23.2 Å². The van der Waals surface area contributed by atoms with Crippen molar-refractivity contribution in [2.45, 2.75) is 25.9 Å². The summed E-state index contributed by atoms with van der Waals surface area (Å²) < 4.78 is 13.4. The highest BCUT2D eigenvalue weighted by Crippen LogP contribution is 2.21. The van der Waals surface area contributed by atoms with E-state index in [0.717, 1.165) is 29.8 Å². The summed E-state index contributed by atoms with van der Waals surface area (Å²) in [5.74, 6) is -0.203. The molecule has 0 aromatic heterocycles. The van der Waals surface area contributed by atoms with Crippen LogP contribution in [0, 0.1) is 5.82 Å². The van der Waals surface area contributed by atoms with E-state index in [1.165, 1.54) is 6.07 Å². The van der Waals surface area contributed by atoms with Gasteiger partial charge >= 0.3 is 0 Å². The largest absolute Gasteiger partial charge is 0.312 e. The Labute approximate surface area is 140 Å². The van der Waals surface area contributed by atoms with Crippen LogP contribution in [0.15, 0.2) is 42.5 Å². The summed E-state index contributed by atoms with van der Waals surface area (Å²) in [4.78, 5) is 13.5. The van der Waals surface area contributed by atoms with E-state index < -0.39 is 5.82 Å². The van der Waals surface area contributed by atoms with Gasteiger partial charge in [-0.25, -0.2) is 4.39 Å². The molecule has 5 heteroatoms. The first-order chi connectivity index (χ1) is 11.1. The summed E-state index contributed by atoms with van der Waals surface area (Å²) in [6.07, 6.45) is 1.57. The molecule has 0 saturated carbocycles. The van der Waals surface area contributed by atoms with Crippen LogP contribution in [-0.2, 0) is 17.9 Å². The summed E-state index contributed by atoms with van der Waals surface area (Å²) in [6.45, 7) is 2.05. The number of rotatable bonds is 5. The first kappa shape index (κ1) is 16.0. The van der Waals surface area contributed by atoms with Gasteiger partial charge in [0.2, 0.25) is 5.91 Å². The summed E-state index contributed by atoms with van der Waals surface area (Å²) in [5, 5.41) is 3.41. The Morgan fingerprint density at radius 2 is 1.78 bits per heavy atom. The average molecular weight is 333 g/mol. The Balaban J connectivity index is 1.54. The zero-order valence-corrected chi connectivity index (χ0v) is 13.4. The maximum absolute atomic E-state index is 13.4. The van der Waals surface area contributed by atoms with E-state index in [1.807, 2.05) is 29.2 Å². The molecule has 3 nitrogen and oxygen atoms in total. The number of nitrogens with zero attached hydrogens (tertiary/aromatic N) is 1. The average Bonchev–Trinajstić information content (AvgIpc) is 2.98. The van der Waals surface area contributed by atoms with Gasteiger partial charge in [-0.05, 0) is 41.8 Å². The lowest BCUT2D eigenvalue weighted by Crippen LogP contribution is -2.23. The molecule has 23 heavy (non-hydrogen) atoms. The number of amides is 1. The van der Waals surface area contributed by atoms with E-state index in [1.54, 1.807) is 12.1 Å². The van der Waals surface area contributed by atoms with Crippen LogP contribution in [0.5, 0.6) is 0 Å². The minimum Gasteiger partial charge on any atom is -0.312 e. The number of carbonyl (C=O) groups is 1. The minimum absolute atomic E-state index is 0.140. The molecule has 0 bridgehead atoms. The molecule has 2 aromatic carbocycles. The molecule has 0 spiro atoms. The van der Waals surface area contributed by atoms with Crippen molar-refractivity contribution in [1.82, 2.24) is 5.32 Å². The molecule has 1 saturated heterocycles. The fraction of sp³-hybridized carbons (Fsp3) is 0.278. The van der Waals surface area contributed by atoms with Gasteiger partial charge in [0.1, 0.15) is 5.82 Å². The second-order valence-electron chi connectivity index (χ2n) is 5.67. The predicted molar refractivity (Wildman–Crippen MR) is 90.0 cm³/mol. The van der Waals surface area contributed by atoms with Gasteiger partial charge in [0.25, 0.3) is 0 Å². The molecule has 0 aliphatic carbocycles. The highest BCUT2D eigenvalue weighted by molar-refractivity contribution is 6.30. The highest BCUT2D eigenvalue weighted by Gasteiger charge is 2.21. The molecule has 3 rings (SSSR count).